The van der Waals surface area contributed by atoms with Gasteiger partial charge in [0.05, 0.1) is 19.3 Å². The van der Waals surface area contributed by atoms with Crippen LogP contribution in [0.25, 0.3) is 11.1 Å². The minimum Gasteiger partial charge on any atom is -0.491 e. The lowest BCUT2D eigenvalue weighted by Gasteiger charge is -2.40. The van der Waals surface area contributed by atoms with E-state index in [-0.39, 0.29) is 11.9 Å². The minimum atomic E-state index is -0.345. The van der Waals surface area contributed by atoms with Crippen molar-refractivity contribution in [2.75, 3.05) is 52.0 Å². The Labute approximate surface area is 202 Å². The normalized spacial score (nSPS) is 14.1. The molecule has 1 fully saturated rings. The van der Waals surface area contributed by atoms with Gasteiger partial charge in [0.25, 0.3) is 0 Å². The van der Waals surface area contributed by atoms with Gasteiger partial charge in [-0.3, -0.25) is 4.79 Å². The summed E-state index contributed by atoms with van der Waals surface area (Å²) in [5.41, 5.74) is 4.44. The van der Waals surface area contributed by atoms with Crippen molar-refractivity contribution >= 4 is 17.6 Å². The zero-order valence-corrected chi connectivity index (χ0v) is 20.9. The average Bonchev–Trinajstić information content (AvgIpc) is 2.86. The molecule has 0 unspecified atom stereocenters. The number of esters is 1. The van der Waals surface area contributed by atoms with Crippen molar-refractivity contribution < 1.29 is 23.8 Å². The standard InChI is InChI=1S/C27H36N2O5/c1-6-29(23-11-13-28(14-12-23)20(3)30)26-18-22(17-25(19(26)2)27(31)33-5)21-7-9-24(10-8-21)34-16-15-32-4/h7-10,17-18,23H,6,11-16H2,1-5H3. The Morgan fingerprint density at radius 3 is 2.26 bits per heavy atom. The number of carbonyl (C=O) groups excluding carboxylic acids is 2. The minimum absolute atomic E-state index is 0.127. The van der Waals surface area contributed by atoms with Crippen molar-refractivity contribution in [2.45, 2.75) is 39.7 Å². The lowest BCUT2D eigenvalue weighted by atomic mass is 9.95. The third-order valence-electron chi connectivity index (χ3n) is 6.53. The van der Waals surface area contributed by atoms with Gasteiger partial charge in [-0.2, -0.15) is 0 Å². The first-order chi connectivity index (χ1) is 16.4. The van der Waals surface area contributed by atoms with Crippen LogP contribution >= 0.6 is 0 Å². The number of nitrogens with zero attached hydrogens (tertiary/aromatic N) is 2. The fraction of sp³-hybridized carbons (Fsp3) is 0.481. The molecule has 0 aromatic heterocycles. The summed E-state index contributed by atoms with van der Waals surface area (Å²) < 4.78 is 15.8. The number of hydrogen-bond donors (Lipinski definition) is 0. The molecule has 2 aromatic rings. The zero-order chi connectivity index (χ0) is 24.7. The van der Waals surface area contributed by atoms with Crippen LogP contribution in [0.15, 0.2) is 36.4 Å². The number of ether oxygens (including phenoxy) is 3. The summed E-state index contributed by atoms with van der Waals surface area (Å²) in [6.07, 6.45) is 1.80. The van der Waals surface area contributed by atoms with E-state index in [4.69, 9.17) is 14.2 Å². The van der Waals surface area contributed by atoms with Gasteiger partial charge in [0, 0.05) is 45.4 Å². The molecule has 1 heterocycles. The maximum Gasteiger partial charge on any atom is 0.338 e. The third kappa shape index (κ3) is 5.89. The van der Waals surface area contributed by atoms with Crippen molar-refractivity contribution in [1.29, 1.82) is 0 Å². The summed E-state index contributed by atoms with van der Waals surface area (Å²) in [6.45, 7) is 9.07. The van der Waals surface area contributed by atoms with Crippen molar-refractivity contribution in [2.24, 2.45) is 0 Å². The summed E-state index contributed by atoms with van der Waals surface area (Å²) in [6, 6.07) is 12.2. The molecule has 0 saturated carbocycles. The predicted octanol–water partition coefficient (Wildman–Crippen LogP) is 4.31. The maximum absolute atomic E-state index is 12.7. The maximum atomic E-state index is 12.7. The van der Waals surface area contributed by atoms with Gasteiger partial charge < -0.3 is 24.0 Å². The number of anilines is 1. The van der Waals surface area contributed by atoms with Crippen molar-refractivity contribution in [1.82, 2.24) is 4.90 Å². The Morgan fingerprint density at radius 1 is 1.03 bits per heavy atom. The molecule has 0 bridgehead atoms. The Morgan fingerprint density at radius 2 is 1.71 bits per heavy atom. The second-order valence-corrected chi connectivity index (χ2v) is 8.55. The summed E-state index contributed by atoms with van der Waals surface area (Å²) in [5.74, 6) is 0.554. The first-order valence-electron chi connectivity index (χ1n) is 11.9. The van der Waals surface area contributed by atoms with Crippen molar-refractivity contribution in [3.05, 3.63) is 47.5 Å². The quantitative estimate of drug-likeness (QED) is 0.404. The third-order valence-corrected chi connectivity index (χ3v) is 6.53. The van der Waals surface area contributed by atoms with E-state index in [1.807, 2.05) is 42.2 Å². The fourth-order valence-electron chi connectivity index (χ4n) is 4.59. The highest BCUT2D eigenvalue weighted by molar-refractivity contribution is 5.95. The lowest BCUT2D eigenvalue weighted by molar-refractivity contribution is -0.129. The topological polar surface area (TPSA) is 68.3 Å². The molecule has 1 saturated heterocycles. The number of rotatable bonds is 9. The van der Waals surface area contributed by atoms with E-state index in [1.54, 1.807) is 14.0 Å². The summed E-state index contributed by atoms with van der Waals surface area (Å²) in [7, 11) is 3.06. The highest BCUT2D eigenvalue weighted by Gasteiger charge is 2.27. The van der Waals surface area contributed by atoms with E-state index in [1.165, 1.54) is 7.11 Å². The smallest absolute Gasteiger partial charge is 0.338 e. The van der Waals surface area contributed by atoms with E-state index in [2.05, 4.69) is 17.9 Å². The van der Waals surface area contributed by atoms with Gasteiger partial charge in [-0.05, 0) is 67.6 Å². The highest BCUT2D eigenvalue weighted by atomic mass is 16.5. The Hall–Kier alpha value is -3.06. The molecule has 0 radical (unpaired) electrons. The molecule has 1 aliphatic heterocycles. The van der Waals surface area contributed by atoms with Gasteiger partial charge in [-0.25, -0.2) is 4.79 Å². The number of benzene rings is 2. The average molecular weight is 469 g/mol. The van der Waals surface area contributed by atoms with Gasteiger partial charge in [0.15, 0.2) is 0 Å². The molecule has 7 nitrogen and oxygen atoms in total. The molecule has 0 spiro atoms. The summed E-state index contributed by atoms with van der Waals surface area (Å²) in [4.78, 5) is 28.7. The fourth-order valence-corrected chi connectivity index (χ4v) is 4.59. The van der Waals surface area contributed by atoms with Crippen molar-refractivity contribution in [3.63, 3.8) is 0 Å². The summed E-state index contributed by atoms with van der Waals surface area (Å²) >= 11 is 0. The van der Waals surface area contributed by atoms with Crippen LogP contribution in [0, 0.1) is 6.92 Å². The zero-order valence-electron chi connectivity index (χ0n) is 20.9. The van der Waals surface area contributed by atoms with Crippen LogP contribution in [0.5, 0.6) is 5.75 Å². The largest absolute Gasteiger partial charge is 0.491 e. The Kier molecular flexibility index (Phi) is 8.93. The Bertz CT molecular complexity index is 981. The second kappa shape index (κ2) is 11.9. The number of piperidine rings is 1. The van der Waals surface area contributed by atoms with Crippen LogP contribution in [-0.4, -0.2) is 69.9 Å². The van der Waals surface area contributed by atoms with Gasteiger partial charge in [0.2, 0.25) is 5.91 Å². The number of hydrogen-bond acceptors (Lipinski definition) is 6. The van der Waals surface area contributed by atoms with Crippen LogP contribution in [0.3, 0.4) is 0 Å². The van der Waals surface area contributed by atoms with Crippen LogP contribution in [0.4, 0.5) is 5.69 Å². The molecule has 7 heteroatoms. The van der Waals surface area contributed by atoms with Gasteiger partial charge >= 0.3 is 5.97 Å². The van der Waals surface area contributed by atoms with Crippen LogP contribution < -0.4 is 9.64 Å². The van der Waals surface area contributed by atoms with E-state index in [9.17, 15) is 9.59 Å². The summed E-state index contributed by atoms with van der Waals surface area (Å²) in [5, 5.41) is 0. The van der Waals surface area contributed by atoms with E-state index in [0.717, 1.165) is 60.6 Å². The van der Waals surface area contributed by atoms with E-state index >= 15 is 0 Å². The number of methoxy groups -OCH3 is 2. The molecular weight excluding hydrogens is 432 g/mol. The first-order valence-corrected chi connectivity index (χ1v) is 11.9. The predicted molar refractivity (Wildman–Crippen MR) is 134 cm³/mol. The molecule has 0 N–H and O–H groups in total. The molecule has 1 amide bonds. The molecular formula is C27H36N2O5. The van der Waals surface area contributed by atoms with E-state index in [0.29, 0.717) is 24.8 Å². The van der Waals surface area contributed by atoms with Gasteiger partial charge in [-0.1, -0.05) is 12.1 Å². The van der Waals surface area contributed by atoms with Gasteiger partial charge in [0.1, 0.15) is 12.4 Å². The highest BCUT2D eigenvalue weighted by Crippen LogP contribution is 2.34. The lowest BCUT2D eigenvalue weighted by Crippen LogP contribution is -2.46. The second-order valence-electron chi connectivity index (χ2n) is 8.55. The number of amides is 1. The van der Waals surface area contributed by atoms with Crippen LogP contribution in [0.1, 0.15) is 42.6 Å². The van der Waals surface area contributed by atoms with Crippen molar-refractivity contribution in [3.8, 4) is 16.9 Å². The SMILES string of the molecule is CCN(c1cc(-c2ccc(OCCOC)cc2)cc(C(=O)OC)c1C)C1CCN(C(C)=O)CC1. The molecule has 184 valence electrons. The molecule has 0 aliphatic carbocycles. The molecule has 3 rings (SSSR count). The van der Waals surface area contributed by atoms with Gasteiger partial charge in [-0.15, -0.1) is 0 Å². The van der Waals surface area contributed by atoms with E-state index < -0.39 is 0 Å². The molecule has 2 aromatic carbocycles. The molecule has 0 atom stereocenters. The Balaban J connectivity index is 1.94. The first kappa shape index (κ1) is 25.6. The number of likely N-dealkylation sites (tertiary alicyclic amines) is 1. The van der Waals surface area contributed by atoms with Crippen LogP contribution in [-0.2, 0) is 14.3 Å². The monoisotopic (exact) mass is 468 g/mol. The number of carbonyl (C=O) groups is 2. The van der Waals surface area contributed by atoms with Crippen LogP contribution in [0.2, 0.25) is 0 Å². The molecule has 34 heavy (non-hydrogen) atoms. The molecule has 1 aliphatic rings.